The molecule has 0 aromatic carbocycles. The Morgan fingerprint density at radius 1 is 0.241 bits per heavy atom. The van der Waals surface area contributed by atoms with Crippen molar-refractivity contribution in [1.82, 2.24) is 0 Å². The van der Waals surface area contributed by atoms with Crippen LogP contribution in [0.4, 0.5) is 0 Å². The van der Waals surface area contributed by atoms with E-state index in [4.69, 9.17) is 26.5 Å². The quantitative estimate of drug-likeness (QED) is 0.148. The van der Waals surface area contributed by atoms with Crippen LogP contribution in [0.25, 0.3) is 0 Å². The average Bonchev–Trinajstić information content (AvgIpc) is 4.09. The van der Waals surface area contributed by atoms with Crippen molar-refractivity contribution < 1.29 is 26.5 Å². The fourth-order valence-corrected chi connectivity index (χ4v) is 12.4. The van der Waals surface area contributed by atoms with Gasteiger partial charge in [0.15, 0.2) is 0 Å². The van der Waals surface area contributed by atoms with Crippen LogP contribution in [0.15, 0.2) is 137 Å². The highest BCUT2D eigenvalue weighted by Crippen LogP contribution is 2.58. The summed E-state index contributed by atoms with van der Waals surface area (Å²) in [6.07, 6.45) is 25.4. The molecule has 10 atom stereocenters. The van der Waals surface area contributed by atoms with Gasteiger partial charge in [0.25, 0.3) is 0 Å². The fraction of sp³-hybridized carbons (Fsp3) is 0.500. The van der Waals surface area contributed by atoms with Crippen LogP contribution in [0.5, 0.6) is 0 Å². The molecule has 0 radical (unpaired) electrons. The molecule has 0 saturated heterocycles. The van der Waals surface area contributed by atoms with Crippen molar-refractivity contribution in [3.63, 3.8) is 0 Å². The minimum absolute atomic E-state index is 0.411. The Balaban J connectivity index is 0.954. The highest BCUT2D eigenvalue weighted by Gasteiger charge is 2.46. The Morgan fingerprint density at radius 3 is 0.611 bits per heavy atom. The van der Waals surface area contributed by atoms with Gasteiger partial charge in [0, 0.05) is 35.5 Å². The molecule has 0 spiro atoms. The molecule has 0 aliphatic heterocycles. The summed E-state index contributed by atoms with van der Waals surface area (Å²) in [5.41, 5.74) is 0. The Kier molecular flexibility index (Phi) is 9.54. The Hall–Kier alpha value is -4.32. The maximum Gasteiger partial charge on any atom is 0.106 e. The van der Waals surface area contributed by atoms with Gasteiger partial charge in [0.05, 0.1) is 37.6 Å². The van der Waals surface area contributed by atoms with Gasteiger partial charge in [-0.3, -0.25) is 0 Å². The van der Waals surface area contributed by atoms with Crippen molar-refractivity contribution in [3.8, 4) is 0 Å². The lowest BCUT2D eigenvalue weighted by Crippen LogP contribution is -2.38. The first-order valence-corrected chi connectivity index (χ1v) is 20.9. The minimum atomic E-state index is 0.411. The molecular weight excluding hydrogens is 673 g/mol. The summed E-state index contributed by atoms with van der Waals surface area (Å²) in [5, 5.41) is 0. The van der Waals surface area contributed by atoms with Crippen molar-refractivity contribution in [2.75, 3.05) is 0 Å². The molecule has 6 heteroatoms. The first-order valence-electron chi connectivity index (χ1n) is 20.9. The molecule has 4 saturated carbocycles. The SMILES string of the molecule is c1coc(C2CC(c3ccco3)CC(C3CC(c4ccco4)CC(C4CC(c5ccco5)CC(C5CC(c6ccco6)CC(c6ccco6)C5)C4)C3)C2)c1. The van der Waals surface area contributed by atoms with Gasteiger partial charge in [0.1, 0.15) is 34.6 Å². The van der Waals surface area contributed by atoms with Crippen LogP contribution >= 0.6 is 0 Å². The van der Waals surface area contributed by atoms with E-state index in [1.54, 1.807) is 0 Å². The molecule has 0 bridgehead atoms. The maximum atomic E-state index is 6.23. The van der Waals surface area contributed by atoms with Crippen LogP contribution in [-0.2, 0) is 0 Å². The zero-order valence-corrected chi connectivity index (χ0v) is 31.3. The first-order chi connectivity index (χ1) is 26.7. The molecule has 10 unspecified atom stereocenters. The summed E-state index contributed by atoms with van der Waals surface area (Å²) < 4.78 is 36.8. The molecule has 10 rings (SSSR count). The molecule has 0 amide bonds. The van der Waals surface area contributed by atoms with Gasteiger partial charge in [-0.25, -0.2) is 0 Å². The summed E-state index contributed by atoms with van der Waals surface area (Å²) >= 11 is 0. The third-order valence-electron chi connectivity index (χ3n) is 14.7. The summed E-state index contributed by atoms with van der Waals surface area (Å²) in [6, 6.07) is 25.6. The topological polar surface area (TPSA) is 78.8 Å². The second-order valence-electron chi connectivity index (χ2n) is 17.7. The minimum Gasteiger partial charge on any atom is -0.469 e. The van der Waals surface area contributed by atoms with Crippen LogP contribution < -0.4 is 0 Å². The van der Waals surface area contributed by atoms with Crippen LogP contribution in [-0.4, -0.2) is 0 Å². The van der Waals surface area contributed by atoms with E-state index in [-0.39, 0.29) is 0 Å². The van der Waals surface area contributed by atoms with E-state index in [0.29, 0.717) is 71.0 Å². The van der Waals surface area contributed by atoms with E-state index in [9.17, 15) is 0 Å². The maximum absolute atomic E-state index is 6.23. The second-order valence-corrected chi connectivity index (χ2v) is 17.7. The lowest BCUT2D eigenvalue weighted by Gasteiger charge is -2.48. The zero-order valence-electron chi connectivity index (χ0n) is 31.3. The van der Waals surface area contributed by atoms with Crippen molar-refractivity contribution in [2.45, 2.75) is 113 Å². The monoisotopic (exact) mass is 726 g/mol. The van der Waals surface area contributed by atoms with E-state index in [1.807, 2.05) is 37.6 Å². The molecule has 6 heterocycles. The van der Waals surface area contributed by atoms with Gasteiger partial charge in [0.2, 0.25) is 0 Å². The Bertz CT molecular complexity index is 1720. The predicted molar refractivity (Wildman–Crippen MR) is 205 cm³/mol. The van der Waals surface area contributed by atoms with Gasteiger partial charge in [-0.05, 0) is 185 Å². The normalized spacial score (nSPS) is 34.9. The van der Waals surface area contributed by atoms with Crippen LogP contribution in [0.3, 0.4) is 0 Å². The predicted octanol–water partition coefficient (Wildman–Crippen LogP) is 13.7. The van der Waals surface area contributed by atoms with Crippen LogP contribution in [0.1, 0.15) is 147 Å². The van der Waals surface area contributed by atoms with E-state index in [1.165, 1.54) is 75.7 Å². The molecule has 6 aromatic rings. The van der Waals surface area contributed by atoms with Crippen LogP contribution in [0.2, 0.25) is 0 Å². The van der Waals surface area contributed by atoms with E-state index in [0.717, 1.165) is 35.9 Å². The largest absolute Gasteiger partial charge is 0.469 e. The molecule has 4 aliphatic carbocycles. The van der Waals surface area contributed by atoms with Crippen molar-refractivity contribution in [2.24, 2.45) is 35.5 Å². The molecule has 54 heavy (non-hydrogen) atoms. The molecule has 4 aliphatic rings. The smallest absolute Gasteiger partial charge is 0.106 e. The van der Waals surface area contributed by atoms with E-state index in [2.05, 4.69) is 72.8 Å². The highest BCUT2D eigenvalue weighted by molar-refractivity contribution is 5.18. The third kappa shape index (κ3) is 7.02. The van der Waals surface area contributed by atoms with Gasteiger partial charge >= 0.3 is 0 Å². The number of hydrogen-bond acceptors (Lipinski definition) is 6. The summed E-state index contributed by atoms with van der Waals surface area (Å²) in [5.74, 6) is 13.1. The summed E-state index contributed by atoms with van der Waals surface area (Å²) in [7, 11) is 0. The molecule has 0 N–H and O–H groups in total. The molecule has 6 aromatic heterocycles. The van der Waals surface area contributed by atoms with Gasteiger partial charge in [-0.15, -0.1) is 0 Å². The van der Waals surface area contributed by atoms with E-state index >= 15 is 0 Å². The molecular formula is C48H54O6. The Morgan fingerprint density at radius 2 is 0.426 bits per heavy atom. The highest BCUT2D eigenvalue weighted by atomic mass is 16.3. The van der Waals surface area contributed by atoms with Gasteiger partial charge < -0.3 is 26.5 Å². The van der Waals surface area contributed by atoms with Crippen molar-refractivity contribution in [3.05, 3.63) is 145 Å². The Labute approximate surface area is 318 Å². The number of furan rings is 6. The number of hydrogen-bond donors (Lipinski definition) is 0. The standard InChI is InChI=1S/C48H54O6/c1-7-43(49-13-1)37-21-31(19-33(23-37)35-25-39(45-9-3-15-51-45)29-40(26-35)46-10-4-16-52-46)32-20-34(24-38(22-32)44-8-2-14-50-44)36-27-41(47-11-5-17-53-47)30-42(28-36)48-12-6-18-54-48/h1-18,31-42H,19-30H2. The van der Waals surface area contributed by atoms with Crippen molar-refractivity contribution in [1.29, 1.82) is 0 Å². The lowest BCUT2D eigenvalue weighted by atomic mass is 9.56. The van der Waals surface area contributed by atoms with Gasteiger partial charge in [-0.1, -0.05) is 0 Å². The molecule has 282 valence electrons. The number of rotatable bonds is 9. The third-order valence-corrected chi connectivity index (χ3v) is 14.7. The average molecular weight is 727 g/mol. The molecule has 6 nitrogen and oxygen atoms in total. The van der Waals surface area contributed by atoms with E-state index < -0.39 is 0 Å². The summed E-state index contributed by atoms with van der Waals surface area (Å²) in [6.45, 7) is 0. The molecule has 4 fully saturated rings. The summed E-state index contributed by atoms with van der Waals surface area (Å²) in [4.78, 5) is 0. The van der Waals surface area contributed by atoms with Crippen LogP contribution in [0, 0.1) is 35.5 Å². The second kappa shape index (κ2) is 15.1. The lowest BCUT2D eigenvalue weighted by molar-refractivity contribution is 0.0450. The van der Waals surface area contributed by atoms with Gasteiger partial charge in [-0.2, -0.15) is 0 Å². The zero-order chi connectivity index (χ0) is 35.8. The first kappa shape index (κ1) is 34.2. The fourth-order valence-electron chi connectivity index (χ4n) is 12.4. The van der Waals surface area contributed by atoms with Crippen molar-refractivity contribution >= 4 is 0 Å².